The van der Waals surface area contributed by atoms with Gasteiger partial charge in [0.05, 0.1) is 23.8 Å². The van der Waals surface area contributed by atoms with Gasteiger partial charge in [0, 0.05) is 17.2 Å². The molecule has 2 aromatic heterocycles. The average molecular weight is 369 g/mol. The van der Waals surface area contributed by atoms with Crippen molar-refractivity contribution < 1.29 is 13.5 Å². The maximum Gasteiger partial charge on any atom is 0.239 e. The Morgan fingerprint density at radius 2 is 1.93 bits per heavy atom. The Morgan fingerprint density at radius 1 is 1.07 bits per heavy atom. The molecule has 1 aliphatic rings. The second kappa shape index (κ2) is 7.22. The van der Waals surface area contributed by atoms with Crippen LogP contribution in [0.25, 0.3) is 11.3 Å². The number of nitrogens with two attached hydrogens (primary N) is 1. The van der Waals surface area contributed by atoms with Gasteiger partial charge in [-0.2, -0.15) is 0 Å². The number of nitrogen functional groups attached to an aromatic ring is 1. The molecule has 0 atom stereocenters. The van der Waals surface area contributed by atoms with Gasteiger partial charge in [-0.3, -0.25) is 4.98 Å². The van der Waals surface area contributed by atoms with E-state index in [4.69, 9.17) is 10.5 Å². The zero-order valence-electron chi connectivity index (χ0n) is 14.4. The molecule has 0 radical (unpaired) electrons. The first-order valence-electron chi connectivity index (χ1n) is 8.62. The number of alkyl halides is 1. The Hall–Kier alpha value is -3.16. The number of anilines is 1. The average Bonchev–Trinajstić information content (AvgIpc) is 2.65. The Morgan fingerprint density at radius 3 is 2.52 bits per heavy atom. The number of rotatable bonds is 5. The van der Waals surface area contributed by atoms with Crippen molar-refractivity contribution in [1.82, 2.24) is 20.2 Å². The van der Waals surface area contributed by atoms with Gasteiger partial charge in [-0.1, -0.05) is 12.5 Å². The van der Waals surface area contributed by atoms with Crippen LogP contribution in [-0.4, -0.2) is 20.2 Å². The van der Waals surface area contributed by atoms with Crippen molar-refractivity contribution in [3.8, 4) is 22.9 Å². The highest BCUT2D eigenvalue weighted by Crippen LogP contribution is 2.44. The Labute approximate surface area is 154 Å². The van der Waals surface area contributed by atoms with Crippen LogP contribution in [-0.2, 0) is 6.67 Å². The van der Waals surface area contributed by atoms with E-state index < -0.39 is 12.5 Å². The van der Waals surface area contributed by atoms with Crippen LogP contribution in [0.2, 0.25) is 0 Å². The quantitative estimate of drug-likeness (QED) is 0.726. The lowest BCUT2D eigenvalue weighted by Crippen LogP contribution is -2.11. The van der Waals surface area contributed by atoms with Crippen molar-refractivity contribution in [3.63, 3.8) is 0 Å². The zero-order valence-corrected chi connectivity index (χ0v) is 14.4. The summed E-state index contributed by atoms with van der Waals surface area (Å²) in [5.41, 5.74) is 7.13. The molecule has 0 amide bonds. The fourth-order valence-electron chi connectivity index (χ4n) is 2.97. The van der Waals surface area contributed by atoms with Gasteiger partial charge in [0.1, 0.15) is 12.5 Å². The molecule has 0 bridgehead atoms. The van der Waals surface area contributed by atoms with Crippen LogP contribution in [0.3, 0.4) is 0 Å². The second-order valence-corrected chi connectivity index (χ2v) is 6.40. The maximum absolute atomic E-state index is 15.3. The molecule has 27 heavy (non-hydrogen) atoms. The minimum absolute atomic E-state index is 0.0955. The molecule has 1 aromatic carbocycles. The van der Waals surface area contributed by atoms with Crippen LogP contribution < -0.4 is 10.5 Å². The van der Waals surface area contributed by atoms with Crippen LogP contribution in [0.5, 0.6) is 11.6 Å². The molecule has 0 saturated heterocycles. The molecule has 1 saturated carbocycles. The topological polar surface area (TPSA) is 86.8 Å². The van der Waals surface area contributed by atoms with Gasteiger partial charge < -0.3 is 10.5 Å². The minimum Gasteiger partial charge on any atom is -0.434 e. The van der Waals surface area contributed by atoms with E-state index >= 15 is 4.39 Å². The predicted octanol–water partition coefficient (Wildman–Crippen LogP) is 4.18. The van der Waals surface area contributed by atoms with Crippen molar-refractivity contribution in [2.45, 2.75) is 31.9 Å². The SMILES string of the molecule is Nc1cnc(-c2ccc(C3CCC3)c(Oc3ccc(CF)nn3)c2F)cn1. The number of benzene rings is 1. The number of hydrogen-bond acceptors (Lipinski definition) is 6. The van der Waals surface area contributed by atoms with Gasteiger partial charge >= 0.3 is 0 Å². The first-order chi connectivity index (χ1) is 13.2. The van der Waals surface area contributed by atoms with Gasteiger partial charge in [0.15, 0.2) is 11.6 Å². The van der Waals surface area contributed by atoms with Gasteiger partial charge in [0.2, 0.25) is 5.88 Å². The molecule has 3 aromatic rings. The molecule has 2 N–H and O–H groups in total. The van der Waals surface area contributed by atoms with Crippen molar-refractivity contribution in [3.05, 3.63) is 53.7 Å². The molecular weight excluding hydrogens is 352 g/mol. The van der Waals surface area contributed by atoms with E-state index in [0.29, 0.717) is 5.69 Å². The molecular formula is C19H17F2N5O. The molecule has 0 unspecified atom stereocenters. The first-order valence-corrected chi connectivity index (χ1v) is 8.62. The van der Waals surface area contributed by atoms with Gasteiger partial charge in [-0.05, 0) is 30.9 Å². The smallest absolute Gasteiger partial charge is 0.239 e. The van der Waals surface area contributed by atoms with Crippen molar-refractivity contribution in [2.75, 3.05) is 5.73 Å². The van der Waals surface area contributed by atoms with Crippen LogP contribution in [0.15, 0.2) is 36.7 Å². The van der Waals surface area contributed by atoms with Crippen LogP contribution >= 0.6 is 0 Å². The maximum atomic E-state index is 15.3. The van der Waals surface area contributed by atoms with E-state index in [1.165, 1.54) is 24.5 Å². The molecule has 2 heterocycles. The fourth-order valence-corrected chi connectivity index (χ4v) is 2.97. The second-order valence-electron chi connectivity index (χ2n) is 6.40. The summed E-state index contributed by atoms with van der Waals surface area (Å²) in [4.78, 5) is 8.10. The van der Waals surface area contributed by atoms with E-state index in [1.54, 1.807) is 6.07 Å². The van der Waals surface area contributed by atoms with Gasteiger partial charge in [-0.15, -0.1) is 10.2 Å². The highest BCUT2D eigenvalue weighted by atomic mass is 19.1. The monoisotopic (exact) mass is 369 g/mol. The lowest BCUT2D eigenvalue weighted by atomic mass is 9.79. The summed E-state index contributed by atoms with van der Waals surface area (Å²) in [5.74, 6) is 0.143. The Balaban J connectivity index is 1.75. The Bertz CT molecular complexity index is 944. The number of nitrogens with zero attached hydrogens (tertiary/aromatic N) is 4. The molecule has 1 fully saturated rings. The molecule has 0 aliphatic heterocycles. The van der Waals surface area contributed by atoms with E-state index in [0.717, 1.165) is 24.8 Å². The van der Waals surface area contributed by atoms with Gasteiger partial charge in [-0.25, -0.2) is 13.8 Å². The number of ether oxygens (including phenoxy) is 1. The summed E-state index contributed by atoms with van der Waals surface area (Å²) in [6, 6.07) is 6.45. The predicted molar refractivity (Wildman–Crippen MR) is 95.3 cm³/mol. The largest absolute Gasteiger partial charge is 0.434 e. The molecule has 8 heteroatoms. The van der Waals surface area contributed by atoms with Crippen molar-refractivity contribution in [2.24, 2.45) is 0 Å². The van der Waals surface area contributed by atoms with E-state index in [9.17, 15) is 4.39 Å². The normalized spacial score (nSPS) is 14.0. The number of halogens is 2. The third-order valence-electron chi connectivity index (χ3n) is 4.66. The third kappa shape index (κ3) is 3.42. The fraction of sp³-hybridized carbons (Fsp3) is 0.263. The Kier molecular flexibility index (Phi) is 4.62. The van der Waals surface area contributed by atoms with Gasteiger partial charge in [0.25, 0.3) is 0 Å². The lowest BCUT2D eigenvalue weighted by Gasteiger charge is -2.28. The number of aromatic nitrogens is 4. The highest BCUT2D eigenvalue weighted by molar-refractivity contribution is 5.64. The molecule has 1 aliphatic carbocycles. The van der Waals surface area contributed by atoms with Crippen LogP contribution in [0.4, 0.5) is 14.6 Å². The molecule has 4 rings (SSSR count). The molecule has 0 spiro atoms. The minimum atomic E-state index is -0.722. The summed E-state index contributed by atoms with van der Waals surface area (Å²) in [5, 5.41) is 7.53. The van der Waals surface area contributed by atoms with E-state index in [1.807, 2.05) is 6.07 Å². The summed E-state index contributed by atoms with van der Waals surface area (Å²) < 4.78 is 33.7. The summed E-state index contributed by atoms with van der Waals surface area (Å²) in [6.45, 7) is -0.722. The first kappa shape index (κ1) is 17.3. The van der Waals surface area contributed by atoms with Crippen molar-refractivity contribution >= 4 is 5.82 Å². The van der Waals surface area contributed by atoms with E-state index in [-0.39, 0.29) is 34.6 Å². The number of hydrogen-bond donors (Lipinski definition) is 1. The van der Waals surface area contributed by atoms with Crippen LogP contribution in [0, 0.1) is 5.82 Å². The van der Waals surface area contributed by atoms with Crippen molar-refractivity contribution in [1.29, 1.82) is 0 Å². The zero-order chi connectivity index (χ0) is 18.8. The summed E-state index contributed by atoms with van der Waals surface area (Å²) in [7, 11) is 0. The third-order valence-corrected chi connectivity index (χ3v) is 4.66. The standard InChI is InChI=1S/C19H17F2N5O/c20-8-12-4-7-17(26-25-12)27-19-13(11-2-1-3-11)5-6-14(18(19)21)15-9-24-16(22)10-23-15/h4-7,9-11H,1-3,8H2,(H2,22,24). The van der Waals surface area contributed by atoms with E-state index in [2.05, 4.69) is 20.2 Å². The lowest BCUT2D eigenvalue weighted by molar-refractivity contribution is 0.375. The highest BCUT2D eigenvalue weighted by Gasteiger charge is 2.27. The molecule has 6 nitrogen and oxygen atoms in total. The molecule has 138 valence electrons. The summed E-state index contributed by atoms with van der Waals surface area (Å²) in [6.07, 6.45) is 5.83. The van der Waals surface area contributed by atoms with Crippen LogP contribution in [0.1, 0.15) is 36.4 Å². The summed E-state index contributed by atoms with van der Waals surface area (Å²) >= 11 is 0.